The second-order valence-electron chi connectivity index (χ2n) is 15.0. The fourth-order valence-electron chi connectivity index (χ4n) is 14.8. The van der Waals surface area contributed by atoms with Crippen LogP contribution in [0.25, 0.3) is 0 Å². The van der Waals surface area contributed by atoms with Crippen LogP contribution in [0.3, 0.4) is 0 Å². The van der Waals surface area contributed by atoms with Crippen LogP contribution in [0.15, 0.2) is 18.2 Å². The van der Waals surface area contributed by atoms with Crippen molar-refractivity contribution in [1.29, 1.82) is 0 Å². The number of nitrogens with one attached hydrogen (secondary N) is 1. The first-order chi connectivity index (χ1) is 17.4. The van der Waals surface area contributed by atoms with E-state index in [0.717, 1.165) is 53.0 Å². The fourth-order valence-corrected chi connectivity index (χ4v) is 14.8. The van der Waals surface area contributed by atoms with Gasteiger partial charge in [-0.2, -0.15) is 0 Å². The Morgan fingerprint density at radius 3 is 1.92 bits per heavy atom. The second kappa shape index (κ2) is 6.42. The van der Waals surface area contributed by atoms with Crippen molar-refractivity contribution < 1.29 is 15.0 Å². The fraction of sp³-hybridized carbons (Fsp3) is 0.781. The SMILES string of the molecule is CC(=O)Nc1ccc2c(c1)[C@@H]1C[C@H]2[C@@H]2[C@H]1[C@@]1(C)[C@@H]3[C@@H]4C[C@@H]([C@H]5[C@H]6CC[C@H]([C@@H](CO)[C@@H]6CO)[C@@H]45)[C@@H]3[C@@]21C. The van der Waals surface area contributed by atoms with Crippen molar-refractivity contribution in [2.75, 3.05) is 18.5 Å². The first-order valence-electron chi connectivity index (χ1n) is 15.0. The van der Waals surface area contributed by atoms with Crippen LogP contribution in [0, 0.1) is 81.8 Å². The highest BCUT2D eigenvalue weighted by Gasteiger charge is 2.90. The van der Waals surface area contributed by atoms with Crippen LogP contribution in [0.2, 0.25) is 0 Å². The third-order valence-corrected chi connectivity index (χ3v) is 15.1. The second-order valence-corrected chi connectivity index (χ2v) is 15.0. The Hall–Kier alpha value is -1.39. The van der Waals surface area contributed by atoms with E-state index in [9.17, 15) is 15.0 Å². The Labute approximate surface area is 214 Å². The highest BCUT2D eigenvalue weighted by atomic mass is 16.3. The van der Waals surface area contributed by atoms with E-state index in [1.807, 2.05) is 0 Å². The topological polar surface area (TPSA) is 69.6 Å². The van der Waals surface area contributed by atoms with Crippen LogP contribution in [-0.2, 0) is 4.79 Å². The zero-order valence-corrected chi connectivity index (χ0v) is 21.9. The Balaban J connectivity index is 1.10. The Morgan fingerprint density at radius 1 is 0.833 bits per heavy atom. The molecule has 8 fully saturated rings. The summed E-state index contributed by atoms with van der Waals surface area (Å²) < 4.78 is 0. The van der Waals surface area contributed by atoms with Crippen LogP contribution in [0.4, 0.5) is 5.69 Å². The number of carbonyl (C=O) groups is 1. The van der Waals surface area contributed by atoms with Gasteiger partial charge in [-0.3, -0.25) is 4.79 Å². The molecule has 1 amide bonds. The number of carbonyl (C=O) groups excluding carboxylic acids is 1. The van der Waals surface area contributed by atoms with E-state index in [-0.39, 0.29) is 19.1 Å². The third-order valence-electron chi connectivity index (χ3n) is 15.1. The van der Waals surface area contributed by atoms with Gasteiger partial charge in [-0.05, 0) is 143 Å². The van der Waals surface area contributed by atoms with E-state index in [1.165, 1.54) is 25.7 Å². The summed E-state index contributed by atoms with van der Waals surface area (Å²) in [5.41, 5.74) is 5.03. The summed E-state index contributed by atoms with van der Waals surface area (Å²) in [5.74, 6) is 10.1. The molecule has 9 aliphatic rings. The Morgan fingerprint density at radius 2 is 1.39 bits per heavy atom. The number of benzene rings is 1. The van der Waals surface area contributed by atoms with E-state index in [0.29, 0.717) is 46.3 Å². The predicted molar refractivity (Wildman–Crippen MR) is 137 cm³/mol. The van der Waals surface area contributed by atoms with E-state index >= 15 is 0 Å². The van der Waals surface area contributed by atoms with Crippen molar-refractivity contribution in [1.82, 2.24) is 0 Å². The van der Waals surface area contributed by atoms with E-state index in [2.05, 4.69) is 37.4 Å². The molecular weight excluding hydrogens is 446 g/mol. The lowest BCUT2D eigenvalue weighted by Gasteiger charge is -2.85. The minimum Gasteiger partial charge on any atom is -0.396 e. The van der Waals surface area contributed by atoms with E-state index in [4.69, 9.17) is 0 Å². The predicted octanol–water partition coefficient (Wildman–Crippen LogP) is 4.87. The molecule has 0 aliphatic heterocycles. The van der Waals surface area contributed by atoms with E-state index in [1.54, 1.807) is 18.1 Å². The normalized spacial score (nSPS) is 59.4. The lowest BCUT2D eigenvalue weighted by Crippen LogP contribution is -2.81. The average Bonchev–Trinajstić information content (AvgIpc) is 3.63. The van der Waals surface area contributed by atoms with Crippen molar-refractivity contribution in [3.05, 3.63) is 29.3 Å². The van der Waals surface area contributed by atoms with Crippen molar-refractivity contribution >= 4 is 11.6 Å². The maximum Gasteiger partial charge on any atom is 0.221 e. The molecule has 6 bridgehead atoms. The molecule has 10 rings (SSSR count). The van der Waals surface area contributed by atoms with Crippen LogP contribution in [-0.4, -0.2) is 29.3 Å². The van der Waals surface area contributed by atoms with Gasteiger partial charge in [0.25, 0.3) is 0 Å². The number of fused-ring (bicyclic) bond motifs is 20. The molecule has 0 radical (unpaired) electrons. The highest BCUT2D eigenvalue weighted by molar-refractivity contribution is 5.88. The lowest BCUT2D eigenvalue weighted by atomic mass is 9.18. The van der Waals surface area contributed by atoms with Gasteiger partial charge in [-0.1, -0.05) is 19.9 Å². The zero-order valence-electron chi connectivity index (χ0n) is 21.9. The first kappa shape index (κ1) is 21.5. The van der Waals surface area contributed by atoms with Crippen molar-refractivity contribution in [2.24, 2.45) is 81.8 Å². The summed E-state index contributed by atoms with van der Waals surface area (Å²) >= 11 is 0. The minimum atomic E-state index is 0.0175. The molecule has 0 unspecified atom stereocenters. The summed E-state index contributed by atoms with van der Waals surface area (Å²) in [4.78, 5) is 11.7. The van der Waals surface area contributed by atoms with E-state index < -0.39 is 0 Å². The van der Waals surface area contributed by atoms with Gasteiger partial charge >= 0.3 is 0 Å². The summed E-state index contributed by atoms with van der Waals surface area (Å²) in [6.07, 6.45) is 5.35. The van der Waals surface area contributed by atoms with Gasteiger partial charge in [0.1, 0.15) is 0 Å². The van der Waals surface area contributed by atoms with Crippen LogP contribution < -0.4 is 5.32 Å². The summed E-state index contributed by atoms with van der Waals surface area (Å²) in [6, 6.07) is 6.78. The molecule has 1 aromatic carbocycles. The molecule has 1 aromatic rings. The van der Waals surface area contributed by atoms with Crippen molar-refractivity contribution in [3.8, 4) is 0 Å². The lowest BCUT2D eigenvalue weighted by molar-refractivity contribution is -0.378. The van der Waals surface area contributed by atoms with Gasteiger partial charge < -0.3 is 15.5 Å². The van der Waals surface area contributed by atoms with Gasteiger partial charge in [0.15, 0.2) is 0 Å². The van der Waals surface area contributed by atoms with Gasteiger partial charge in [0, 0.05) is 25.8 Å². The monoisotopic (exact) mass is 487 g/mol. The van der Waals surface area contributed by atoms with Gasteiger partial charge in [-0.25, -0.2) is 0 Å². The molecule has 9 aliphatic carbocycles. The standard InChI is InChI=1S/C32H41NO3/c1-13(36)33-14-4-5-15-18(8-14)20-9-19(15)27-28(20)32(3)30-22-10-21(29(30)31(27,32)2)25-16-6-7-17(26(22)25)24(12-35)23(16)11-34/h4-5,8,16-17,19-30,34-35H,6-7,9-12H2,1-3H3,(H,33,36)/t16-,17+,19+,20-,21-,22+,23+,24+,25+,26-,27+,28-,29-,30+,31+,32-/m0/s1. The van der Waals surface area contributed by atoms with Gasteiger partial charge in [0.05, 0.1) is 0 Å². The molecule has 4 heteroatoms. The number of anilines is 1. The van der Waals surface area contributed by atoms with Crippen molar-refractivity contribution in [2.45, 2.75) is 58.3 Å². The third kappa shape index (κ3) is 1.94. The largest absolute Gasteiger partial charge is 0.396 e. The molecular formula is C32H41NO3. The minimum absolute atomic E-state index is 0.0175. The molecule has 0 aromatic heterocycles. The Bertz CT molecular complexity index is 1200. The van der Waals surface area contributed by atoms with Crippen LogP contribution in [0.1, 0.15) is 69.4 Å². The van der Waals surface area contributed by atoms with Crippen LogP contribution >= 0.6 is 0 Å². The molecule has 4 nitrogen and oxygen atoms in total. The number of hydrogen-bond donors (Lipinski definition) is 3. The maximum absolute atomic E-state index is 11.7. The summed E-state index contributed by atoms with van der Waals surface area (Å²) in [6.45, 7) is 7.56. The Kier molecular flexibility index (Phi) is 3.84. The van der Waals surface area contributed by atoms with Crippen LogP contribution in [0.5, 0.6) is 0 Å². The summed E-state index contributed by atoms with van der Waals surface area (Å²) in [5, 5.41) is 23.8. The number of aliphatic hydroxyl groups excluding tert-OH is 2. The van der Waals surface area contributed by atoms with Gasteiger partial charge in [-0.15, -0.1) is 0 Å². The highest BCUT2D eigenvalue weighted by Crippen LogP contribution is 2.95. The first-order valence-corrected chi connectivity index (χ1v) is 15.0. The molecule has 8 saturated carbocycles. The maximum atomic E-state index is 11.7. The molecule has 16 atom stereocenters. The zero-order chi connectivity index (χ0) is 24.5. The quantitative estimate of drug-likeness (QED) is 0.533. The molecule has 0 saturated heterocycles. The van der Waals surface area contributed by atoms with Gasteiger partial charge in [0.2, 0.25) is 5.91 Å². The molecule has 0 spiro atoms. The number of amides is 1. The molecule has 3 N–H and O–H groups in total. The number of hydrogen-bond acceptors (Lipinski definition) is 3. The summed E-state index contributed by atoms with van der Waals surface area (Å²) in [7, 11) is 0. The molecule has 0 heterocycles. The number of rotatable bonds is 3. The molecule has 192 valence electrons. The molecule has 36 heavy (non-hydrogen) atoms. The average molecular weight is 488 g/mol. The number of aliphatic hydroxyl groups is 2. The smallest absolute Gasteiger partial charge is 0.221 e. The van der Waals surface area contributed by atoms with Crippen molar-refractivity contribution in [3.63, 3.8) is 0 Å².